The van der Waals surface area contributed by atoms with Crippen molar-refractivity contribution in [3.8, 4) is 0 Å². The van der Waals surface area contributed by atoms with Crippen LogP contribution in [0, 0.1) is 6.07 Å². The third-order valence-corrected chi connectivity index (χ3v) is 7.77. The molecule has 1 aromatic heterocycles. The first kappa shape index (κ1) is 32.1. The minimum Gasteiger partial charge on any atom is -0.632 e. The molecule has 1 atom stereocenters. The Morgan fingerprint density at radius 1 is 1.03 bits per heavy atom. The van der Waals surface area contributed by atoms with Crippen LogP contribution in [0.2, 0.25) is 0 Å². The monoisotopic (exact) mass is 628 g/mol. The van der Waals surface area contributed by atoms with Gasteiger partial charge in [0, 0.05) is 69.1 Å². The zero-order valence-corrected chi connectivity index (χ0v) is 25.5. The molecule has 38 heavy (non-hydrogen) atoms. The predicted octanol–water partition coefficient (Wildman–Crippen LogP) is 5.85. The minimum absolute atomic E-state index is 0. The van der Waals surface area contributed by atoms with Gasteiger partial charge in [-0.25, -0.2) is 0 Å². The second-order valence-electron chi connectivity index (χ2n) is 7.88. The van der Waals surface area contributed by atoms with Gasteiger partial charge in [-0.2, -0.15) is 18.2 Å². The van der Waals surface area contributed by atoms with Crippen LogP contribution in [0.15, 0.2) is 66.7 Å². The molecular formula is C27H29N3O5S2Y-2. The first-order chi connectivity index (χ1) is 18.0. The van der Waals surface area contributed by atoms with Gasteiger partial charge in [-0.1, -0.05) is 57.6 Å². The van der Waals surface area contributed by atoms with Crippen LogP contribution >= 0.6 is 21.6 Å². The van der Waals surface area contributed by atoms with Crippen molar-refractivity contribution >= 4 is 45.1 Å². The van der Waals surface area contributed by atoms with Gasteiger partial charge in [0.2, 0.25) is 17.8 Å². The third kappa shape index (κ3) is 9.89. The van der Waals surface area contributed by atoms with Crippen molar-refractivity contribution in [1.29, 1.82) is 0 Å². The Labute approximate surface area is 256 Å². The van der Waals surface area contributed by atoms with Crippen molar-refractivity contribution in [3.05, 3.63) is 95.5 Å². The number of carbonyl (C=O) groups excluding carboxylic acids is 3. The molecule has 0 aliphatic carbocycles. The van der Waals surface area contributed by atoms with E-state index in [4.69, 9.17) is 10.5 Å². The number of ketones is 1. The minimum atomic E-state index is -0.961. The molecule has 0 bridgehead atoms. The Balaban J connectivity index is 0.000000335. The van der Waals surface area contributed by atoms with Crippen molar-refractivity contribution in [2.24, 2.45) is 0 Å². The van der Waals surface area contributed by atoms with E-state index >= 15 is 0 Å². The number of carbonyl (C=O) groups is 3. The number of fused-ring (bicyclic) bond motifs is 1. The fourth-order valence-electron chi connectivity index (χ4n) is 3.75. The molecule has 2 heterocycles. The maximum atomic E-state index is 12.7. The van der Waals surface area contributed by atoms with Crippen LogP contribution in [0.4, 0.5) is 10.5 Å². The summed E-state index contributed by atoms with van der Waals surface area (Å²) < 4.78 is 11.2. The van der Waals surface area contributed by atoms with E-state index in [9.17, 15) is 14.4 Å². The van der Waals surface area contributed by atoms with Gasteiger partial charge in [0.25, 0.3) is 0 Å². The summed E-state index contributed by atoms with van der Waals surface area (Å²) in [6.07, 6.45) is -0.256. The summed E-state index contributed by atoms with van der Waals surface area (Å²) in [7, 11) is 4.94. The molecule has 0 spiro atoms. The van der Waals surface area contributed by atoms with E-state index in [0.29, 0.717) is 30.8 Å². The quantitative estimate of drug-likeness (QED) is 0.123. The summed E-state index contributed by atoms with van der Waals surface area (Å²) in [5.74, 6) is 1.37. The van der Waals surface area contributed by atoms with Crippen LogP contribution in [0.25, 0.3) is 5.73 Å². The van der Waals surface area contributed by atoms with E-state index in [1.807, 2.05) is 59.2 Å². The van der Waals surface area contributed by atoms with Crippen molar-refractivity contribution in [3.63, 3.8) is 0 Å². The van der Waals surface area contributed by atoms with Gasteiger partial charge >= 0.3 is 0 Å². The fraction of sp³-hybridized carbons (Fsp3) is 0.296. The smallest absolute Gasteiger partial charge is 0.231 e. The maximum absolute atomic E-state index is 12.7. The van der Waals surface area contributed by atoms with Crippen LogP contribution in [0.1, 0.15) is 34.1 Å². The number of hydrogen-bond acceptors (Lipinski definition) is 7. The van der Waals surface area contributed by atoms with E-state index in [1.54, 1.807) is 40.8 Å². The Bertz CT molecular complexity index is 1160. The third-order valence-electron chi connectivity index (χ3n) is 5.44. The maximum Gasteiger partial charge on any atom is 0.231 e. The van der Waals surface area contributed by atoms with Gasteiger partial charge in [0.05, 0.1) is 24.8 Å². The van der Waals surface area contributed by atoms with Crippen LogP contribution in [-0.2, 0) is 53.5 Å². The summed E-state index contributed by atoms with van der Waals surface area (Å²) in [4.78, 5) is 35.3. The Hall–Kier alpha value is -2.11. The first-order valence-corrected chi connectivity index (χ1v) is 14.2. The number of benzene rings is 2. The topological polar surface area (TPSA) is 110 Å². The number of ether oxygens (including phenoxy) is 2. The molecule has 1 radical (unpaired) electrons. The summed E-state index contributed by atoms with van der Waals surface area (Å²) in [6.45, 7) is 1.72. The van der Waals surface area contributed by atoms with Crippen molar-refractivity contribution in [2.75, 3.05) is 37.1 Å². The van der Waals surface area contributed by atoms with Gasteiger partial charge in [0.1, 0.15) is 0 Å². The van der Waals surface area contributed by atoms with E-state index in [1.165, 1.54) is 0 Å². The number of methoxy groups -OCH3 is 1. The second kappa shape index (κ2) is 17.5. The molecule has 8 nitrogen and oxygen atoms in total. The number of rotatable bonds is 11. The fourth-order valence-corrected chi connectivity index (χ4v) is 5.48. The second-order valence-corrected chi connectivity index (χ2v) is 10.6. The molecule has 11 heteroatoms. The molecule has 0 saturated carbocycles. The van der Waals surface area contributed by atoms with Crippen molar-refractivity contribution in [2.45, 2.75) is 18.9 Å². The predicted molar refractivity (Wildman–Crippen MR) is 148 cm³/mol. The summed E-state index contributed by atoms with van der Waals surface area (Å²) in [5, 5.41) is 2.94. The van der Waals surface area contributed by atoms with Crippen LogP contribution in [0.3, 0.4) is 0 Å². The number of nitrogens with one attached hydrogen (secondary N) is 2. The molecule has 1 aliphatic heterocycles. The number of nitrogens with zero attached hydrogens (tertiary/aromatic N) is 1. The molecule has 1 unspecified atom stereocenters. The molecule has 4 rings (SSSR count). The molecule has 1 aliphatic rings. The molecule has 2 aromatic carbocycles. The summed E-state index contributed by atoms with van der Waals surface area (Å²) in [6, 6.07) is 23.0. The molecule has 3 aromatic rings. The van der Waals surface area contributed by atoms with Crippen LogP contribution < -0.4 is 5.32 Å². The van der Waals surface area contributed by atoms with Gasteiger partial charge in [-0.15, -0.1) is 12.1 Å². The average molecular weight is 629 g/mol. The Morgan fingerprint density at radius 2 is 1.71 bits per heavy atom. The first-order valence-electron chi connectivity index (χ1n) is 11.7. The SMILES string of the molecule is COCCSSCCOC([NH-])=O.O=C(c1ccccc1)c1ccc2n1CCC2C(=O)Nc1cc[c-]cc1.[Y]. The number of amides is 2. The van der Waals surface area contributed by atoms with E-state index in [2.05, 4.69) is 16.1 Å². The zero-order chi connectivity index (χ0) is 26.5. The summed E-state index contributed by atoms with van der Waals surface area (Å²) in [5.41, 5.74) is 9.40. The van der Waals surface area contributed by atoms with Crippen LogP contribution in [0.5, 0.6) is 0 Å². The molecular weight excluding hydrogens is 599 g/mol. The van der Waals surface area contributed by atoms with Gasteiger partial charge in [0.15, 0.2) is 0 Å². The standard InChI is InChI=1S/C21H17N2O2.C6H13NO3S2.Y/c24-20(15-7-3-1-4-8-15)19-12-11-18-17(13-14-23(18)19)21(25)22-16-9-5-2-6-10-16;1-9-2-4-11-12-5-3-10-6(7)8;/h1,3-12,17H,13-14H2,(H,22,25);2-5H2,1H3,(H2,7,8);/q-1;;/p-1. The average Bonchev–Trinajstić information content (AvgIpc) is 3.52. The Kier molecular flexibility index (Phi) is 14.8. The van der Waals surface area contributed by atoms with E-state index in [0.717, 1.165) is 29.5 Å². The summed E-state index contributed by atoms with van der Waals surface area (Å²) >= 11 is 0. The van der Waals surface area contributed by atoms with E-state index < -0.39 is 6.09 Å². The Morgan fingerprint density at radius 3 is 2.37 bits per heavy atom. The van der Waals surface area contributed by atoms with Crippen LogP contribution in [-0.4, -0.2) is 54.2 Å². The van der Waals surface area contributed by atoms with Gasteiger partial charge in [-0.05, 0) is 18.6 Å². The van der Waals surface area contributed by atoms with Gasteiger partial charge < -0.3 is 25.1 Å². The van der Waals surface area contributed by atoms with Gasteiger partial charge in [-0.3, -0.25) is 14.4 Å². The largest absolute Gasteiger partial charge is 0.632 e. The molecule has 0 fully saturated rings. The molecule has 2 N–H and O–H groups in total. The van der Waals surface area contributed by atoms with Crippen molar-refractivity contribution < 1.29 is 56.6 Å². The normalized spacial score (nSPS) is 13.3. The number of hydrogen-bond donors (Lipinski definition) is 1. The van der Waals surface area contributed by atoms with E-state index in [-0.39, 0.29) is 50.3 Å². The number of aromatic nitrogens is 1. The molecule has 2 amide bonds. The van der Waals surface area contributed by atoms with Crippen molar-refractivity contribution in [1.82, 2.24) is 4.57 Å². The number of anilines is 1. The molecule has 0 saturated heterocycles. The zero-order valence-electron chi connectivity index (χ0n) is 21.1. The molecule has 199 valence electrons.